The first-order valence-electron chi connectivity index (χ1n) is 7.35. The van der Waals surface area contributed by atoms with Crippen molar-refractivity contribution in [1.29, 1.82) is 0 Å². The number of carbonyl (C=O) groups excluding carboxylic acids is 1. The van der Waals surface area contributed by atoms with Crippen molar-refractivity contribution >= 4 is 47.6 Å². The molecule has 3 rings (SSSR count). The number of carboxylic acids is 2. The molecule has 4 N–H and O–H groups in total. The molecule has 0 saturated carbocycles. The van der Waals surface area contributed by atoms with Crippen molar-refractivity contribution in [3.05, 3.63) is 17.3 Å². The second-order valence-corrected chi connectivity index (χ2v) is 7.42. The van der Waals surface area contributed by atoms with Crippen LogP contribution in [-0.4, -0.2) is 76.1 Å². The first-order chi connectivity index (χ1) is 12.4. The van der Waals surface area contributed by atoms with Gasteiger partial charge in [0.1, 0.15) is 17.1 Å². The molecule has 0 spiro atoms. The Morgan fingerprint density at radius 3 is 2.88 bits per heavy atom. The van der Waals surface area contributed by atoms with Gasteiger partial charge in [0.25, 0.3) is 0 Å². The number of tetrazole rings is 1. The molecule has 3 heterocycles. The van der Waals surface area contributed by atoms with Crippen LogP contribution in [0.1, 0.15) is 6.42 Å². The first-order valence-corrected chi connectivity index (χ1v) is 9.38. The molecule has 2 atom stereocenters. The van der Waals surface area contributed by atoms with Crippen LogP contribution in [0.2, 0.25) is 0 Å². The Morgan fingerprint density at radius 1 is 1.42 bits per heavy atom. The zero-order chi connectivity index (χ0) is 18.8. The second-order valence-electron chi connectivity index (χ2n) is 5.37. The van der Waals surface area contributed by atoms with Crippen molar-refractivity contribution in [1.82, 2.24) is 25.1 Å². The Balaban J connectivity index is 1.74. The van der Waals surface area contributed by atoms with Crippen molar-refractivity contribution in [3.8, 4) is 0 Å². The van der Waals surface area contributed by atoms with Crippen molar-refractivity contribution in [3.63, 3.8) is 0 Å². The molecule has 1 aromatic rings. The fourth-order valence-electron chi connectivity index (χ4n) is 2.47. The molecule has 138 valence electrons. The summed E-state index contributed by atoms with van der Waals surface area (Å²) in [4.78, 5) is 35.3. The molecule has 0 aliphatic carbocycles. The van der Waals surface area contributed by atoms with Gasteiger partial charge >= 0.3 is 11.9 Å². The van der Waals surface area contributed by atoms with Crippen LogP contribution < -0.4 is 5.73 Å². The smallest absolute Gasteiger partial charge is 0.352 e. The zero-order valence-corrected chi connectivity index (χ0v) is 14.8. The maximum Gasteiger partial charge on any atom is 0.352 e. The quantitative estimate of drug-likeness (QED) is 0.392. The Morgan fingerprint density at radius 2 is 2.19 bits per heavy atom. The van der Waals surface area contributed by atoms with E-state index in [0.717, 1.165) is 0 Å². The SMILES string of the molecule is NC1C(=O)N2C(C(=O)O)=C(CSc3nnnn3C=CCC(=O)O)CS[C@H]12. The van der Waals surface area contributed by atoms with Gasteiger partial charge in [-0.15, -0.1) is 16.9 Å². The number of fused-ring (bicyclic) bond motifs is 1. The average Bonchev–Trinajstić information content (AvgIpc) is 3.05. The molecule has 26 heavy (non-hydrogen) atoms. The van der Waals surface area contributed by atoms with E-state index in [1.807, 2.05) is 0 Å². The fraction of sp³-hybridized carbons (Fsp3) is 0.385. The van der Waals surface area contributed by atoms with Crippen molar-refractivity contribution in [2.75, 3.05) is 11.5 Å². The predicted molar refractivity (Wildman–Crippen MR) is 91.9 cm³/mol. The highest BCUT2D eigenvalue weighted by Crippen LogP contribution is 2.40. The average molecular weight is 398 g/mol. The van der Waals surface area contributed by atoms with Gasteiger partial charge in [0.05, 0.1) is 6.42 Å². The van der Waals surface area contributed by atoms with Gasteiger partial charge < -0.3 is 15.9 Å². The number of carboxylic acid groups (broad SMARTS) is 2. The molecule has 0 radical (unpaired) electrons. The summed E-state index contributed by atoms with van der Waals surface area (Å²) in [7, 11) is 0. The molecule has 1 fully saturated rings. The Labute approximate surface area is 155 Å². The number of thioether (sulfide) groups is 2. The van der Waals surface area contributed by atoms with Gasteiger partial charge in [0.15, 0.2) is 0 Å². The summed E-state index contributed by atoms with van der Waals surface area (Å²) < 4.78 is 1.30. The minimum atomic E-state index is -1.17. The topological polar surface area (TPSA) is 165 Å². The summed E-state index contributed by atoms with van der Waals surface area (Å²) in [6, 6.07) is -0.671. The normalized spacial score (nSPS) is 22.5. The lowest BCUT2D eigenvalue weighted by atomic mass is 10.0. The first kappa shape index (κ1) is 18.4. The van der Waals surface area contributed by atoms with E-state index in [9.17, 15) is 19.5 Å². The summed E-state index contributed by atoms with van der Waals surface area (Å²) >= 11 is 2.61. The molecule has 0 aromatic carbocycles. The minimum absolute atomic E-state index is 0.0339. The predicted octanol–water partition coefficient (Wildman–Crippen LogP) is -0.708. The molecule has 1 saturated heterocycles. The number of carbonyl (C=O) groups is 3. The number of hydrogen-bond acceptors (Lipinski definition) is 9. The maximum absolute atomic E-state index is 11.9. The third-order valence-electron chi connectivity index (χ3n) is 3.67. The number of amides is 1. The molecule has 0 bridgehead atoms. The summed E-state index contributed by atoms with van der Waals surface area (Å²) in [6.07, 6.45) is 2.64. The second kappa shape index (κ2) is 7.47. The van der Waals surface area contributed by atoms with Gasteiger partial charge in [-0.1, -0.05) is 17.8 Å². The van der Waals surface area contributed by atoms with Gasteiger partial charge in [-0.05, 0) is 16.0 Å². The maximum atomic E-state index is 11.9. The highest BCUT2D eigenvalue weighted by Gasteiger charge is 2.51. The molecule has 1 unspecified atom stereocenters. The fourth-order valence-corrected chi connectivity index (χ4v) is 4.76. The molecule has 11 nitrogen and oxygen atoms in total. The zero-order valence-electron chi connectivity index (χ0n) is 13.2. The molecule has 1 aromatic heterocycles. The van der Waals surface area contributed by atoms with Crippen LogP contribution in [0.15, 0.2) is 22.5 Å². The Kier molecular flexibility index (Phi) is 5.29. The van der Waals surface area contributed by atoms with E-state index >= 15 is 0 Å². The van der Waals surface area contributed by atoms with Crippen LogP contribution in [-0.2, 0) is 14.4 Å². The van der Waals surface area contributed by atoms with Gasteiger partial charge in [0, 0.05) is 17.7 Å². The minimum Gasteiger partial charge on any atom is -0.481 e. The molecule has 2 aliphatic heterocycles. The van der Waals surface area contributed by atoms with E-state index in [-0.39, 0.29) is 23.2 Å². The van der Waals surface area contributed by atoms with Gasteiger partial charge in [-0.25, -0.2) is 4.79 Å². The Hall–Kier alpha value is -2.38. The van der Waals surface area contributed by atoms with Crippen LogP contribution >= 0.6 is 23.5 Å². The Bertz CT molecular complexity index is 822. The lowest BCUT2D eigenvalue weighted by molar-refractivity contribution is -0.147. The number of aromatic nitrogens is 4. The van der Waals surface area contributed by atoms with Crippen LogP contribution in [0.3, 0.4) is 0 Å². The van der Waals surface area contributed by atoms with Crippen LogP contribution in [0.4, 0.5) is 0 Å². The highest BCUT2D eigenvalue weighted by atomic mass is 32.2. The van der Waals surface area contributed by atoms with E-state index in [1.54, 1.807) is 0 Å². The third-order valence-corrected chi connectivity index (χ3v) is 6.05. The van der Waals surface area contributed by atoms with E-state index in [2.05, 4.69) is 15.5 Å². The lowest BCUT2D eigenvalue weighted by Crippen LogP contribution is -2.68. The molecule has 13 heteroatoms. The molecule has 2 aliphatic rings. The number of β-lactam (4-membered cyclic amide) rings is 1. The summed E-state index contributed by atoms with van der Waals surface area (Å²) in [5, 5.41) is 29.2. The van der Waals surface area contributed by atoms with E-state index in [1.165, 1.54) is 45.4 Å². The van der Waals surface area contributed by atoms with Gasteiger partial charge in [0.2, 0.25) is 11.1 Å². The number of rotatable bonds is 7. The van der Waals surface area contributed by atoms with Crippen molar-refractivity contribution < 1.29 is 24.6 Å². The van der Waals surface area contributed by atoms with Crippen molar-refractivity contribution in [2.45, 2.75) is 23.0 Å². The molecular weight excluding hydrogens is 384 g/mol. The van der Waals surface area contributed by atoms with Crippen LogP contribution in [0.25, 0.3) is 6.20 Å². The van der Waals surface area contributed by atoms with Gasteiger partial charge in [-0.3, -0.25) is 14.5 Å². The number of nitrogens with zero attached hydrogens (tertiary/aromatic N) is 5. The molecular formula is C13H14N6O5S2. The van der Waals surface area contributed by atoms with Crippen molar-refractivity contribution in [2.24, 2.45) is 5.73 Å². The van der Waals surface area contributed by atoms with Crippen LogP contribution in [0, 0.1) is 0 Å². The van der Waals surface area contributed by atoms with E-state index < -0.39 is 23.9 Å². The van der Waals surface area contributed by atoms with Crippen LogP contribution in [0.5, 0.6) is 0 Å². The van der Waals surface area contributed by atoms with Gasteiger partial charge in [-0.2, -0.15) is 4.68 Å². The number of aliphatic carboxylic acids is 2. The monoisotopic (exact) mass is 398 g/mol. The largest absolute Gasteiger partial charge is 0.481 e. The lowest BCUT2D eigenvalue weighted by Gasteiger charge is -2.48. The van der Waals surface area contributed by atoms with E-state index in [0.29, 0.717) is 16.5 Å². The summed E-state index contributed by atoms with van der Waals surface area (Å²) in [5.74, 6) is -1.85. The number of nitrogens with two attached hydrogens (primary N) is 1. The van der Waals surface area contributed by atoms with E-state index in [4.69, 9.17) is 10.8 Å². The highest BCUT2D eigenvalue weighted by molar-refractivity contribution is 8.01. The summed E-state index contributed by atoms with van der Waals surface area (Å²) in [5.41, 5.74) is 6.25. The molecule has 1 amide bonds. The summed E-state index contributed by atoms with van der Waals surface area (Å²) in [6.45, 7) is 0. The standard InChI is InChI=1S/C13H14N6O5S2/c14-8-10(22)19-9(12(23)24)6(4-25-11(8)19)5-26-13-15-16-17-18(13)3-1-2-7(20)21/h1,3,8,11H,2,4-5,14H2,(H,20,21)(H,23,24)/t8?,11-/m1/s1. The number of hydrogen-bond donors (Lipinski definition) is 3. The third kappa shape index (κ3) is 3.45.